The van der Waals surface area contributed by atoms with E-state index >= 15 is 0 Å². The fourth-order valence-corrected chi connectivity index (χ4v) is 5.24. The van der Waals surface area contributed by atoms with Gasteiger partial charge in [0.1, 0.15) is 0 Å². The topological polar surface area (TPSA) is 62.6 Å². The SMILES string of the molecule is CC[NH+]1CCN(C(=O)[C@@H](C)Sc2nnc(Nc3ccc(C(C)C)cc3)s2)CC1. The number of quaternary nitrogens is 1. The number of anilines is 2. The Bertz CT molecular complexity index is 769. The Morgan fingerprint density at radius 3 is 2.50 bits per heavy atom. The Morgan fingerprint density at radius 2 is 1.89 bits per heavy atom. The van der Waals surface area contributed by atoms with Gasteiger partial charge in [-0.3, -0.25) is 4.79 Å². The molecule has 2 aromatic rings. The number of carbonyl (C=O) groups excluding carboxylic acids is 1. The number of nitrogens with zero attached hydrogens (tertiary/aromatic N) is 3. The smallest absolute Gasteiger partial charge is 0.236 e. The fraction of sp³-hybridized carbons (Fsp3) is 0.550. The molecule has 1 fully saturated rings. The molecule has 8 heteroatoms. The van der Waals surface area contributed by atoms with Crippen LogP contribution in [0, 0.1) is 0 Å². The molecule has 2 N–H and O–H groups in total. The Hall–Kier alpha value is -1.64. The molecule has 6 nitrogen and oxygen atoms in total. The van der Waals surface area contributed by atoms with Crippen LogP contribution >= 0.6 is 23.1 Å². The van der Waals surface area contributed by atoms with Crippen LogP contribution in [0.1, 0.15) is 39.2 Å². The number of benzene rings is 1. The number of carbonyl (C=O) groups is 1. The molecule has 3 rings (SSSR count). The first kappa shape index (κ1) is 21.1. The predicted molar refractivity (Wildman–Crippen MR) is 117 cm³/mol. The molecule has 0 aliphatic carbocycles. The summed E-state index contributed by atoms with van der Waals surface area (Å²) in [6, 6.07) is 8.39. The molecular formula is C20H30N5OS2+. The molecule has 1 amide bonds. The van der Waals surface area contributed by atoms with Crippen molar-refractivity contribution in [1.82, 2.24) is 15.1 Å². The lowest BCUT2D eigenvalue weighted by molar-refractivity contribution is -0.902. The zero-order chi connectivity index (χ0) is 20.1. The van der Waals surface area contributed by atoms with Crippen LogP contribution in [-0.2, 0) is 4.79 Å². The lowest BCUT2D eigenvalue weighted by atomic mass is 10.0. The Balaban J connectivity index is 1.53. The number of piperazine rings is 1. The number of nitrogens with one attached hydrogen (secondary N) is 2. The second kappa shape index (κ2) is 9.71. The molecule has 0 radical (unpaired) electrons. The molecule has 152 valence electrons. The highest BCUT2D eigenvalue weighted by Crippen LogP contribution is 2.31. The second-order valence-electron chi connectivity index (χ2n) is 7.46. The molecule has 0 unspecified atom stereocenters. The summed E-state index contributed by atoms with van der Waals surface area (Å²) < 4.78 is 0.819. The average molecular weight is 421 g/mol. The van der Waals surface area contributed by atoms with Crippen molar-refractivity contribution in [1.29, 1.82) is 0 Å². The van der Waals surface area contributed by atoms with Gasteiger partial charge in [-0.2, -0.15) is 0 Å². The summed E-state index contributed by atoms with van der Waals surface area (Å²) in [6.45, 7) is 13.5. The van der Waals surface area contributed by atoms with Crippen molar-refractivity contribution in [3.8, 4) is 0 Å². The average Bonchev–Trinajstić information content (AvgIpc) is 3.14. The minimum absolute atomic E-state index is 0.144. The lowest BCUT2D eigenvalue weighted by Gasteiger charge is -2.32. The van der Waals surface area contributed by atoms with Crippen molar-refractivity contribution in [2.75, 3.05) is 38.0 Å². The van der Waals surface area contributed by atoms with Gasteiger partial charge in [-0.05, 0) is 37.5 Å². The van der Waals surface area contributed by atoms with E-state index in [1.807, 2.05) is 11.8 Å². The monoisotopic (exact) mass is 420 g/mol. The van der Waals surface area contributed by atoms with Gasteiger partial charge in [0.15, 0.2) is 4.34 Å². The van der Waals surface area contributed by atoms with E-state index in [9.17, 15) is 4.79 Å². The maximum Gasteiger partial charge on any atom is 0.236 e. The quantitative estimate of drug-likeness (QED) is 0.675. The molecule has 1 aliphatic heterocycles. The summed E-state index contributed by atoms with van der Waals surface area (Å²) in [7, 11) is 0. The molecular weight excluding hydrogens is 390 g/mol. The van der Waals surface area contributed by atoms with Gasteiger partial charge in [-0.25, -0.2) is 0 Å². The molecule has 1 atom stereocenters. The molecule has 1 aromatic heterocycles. The van der Waals surface area contributed by atoms with Gasteiger partial charge in [0.05, 0.1) is 38.0 Å². The van der Waals surface area contributed by atoms with E-state index in [0.717, 1.165) is 47.9 Å². The van der Waals surface area contributed by atoms with Crippen molar-refractivity contribution >= 4 is 39.8 Å². The van der Waals surface area contributed by atoms with E-state index in [2.05, 4.69) is 60.6 Å². The van der Waals surface area contributed by atoms with Crippen LogP contribution in [0.5, 0.6) is 0 Å². The normalized spacial score (nSPS) is 16.4. The number of rotatable bonds is 7. The van der Waals surface area contributed by atoms with Crippen molar-refractivity contribution in [2.45, 2.75) is 43.2 Å². The van der Waals surface area contributed by atoms with Gasteiger partial charge in [0.25, 0.3) is 0 Å². The van der Waals surface area contributed by atoms with E-state index in [0.29, 0.717) is 5.92 Å². The molecule has 1 aromatic carbocycles. The molecule has 0 bridgehead atoms. The minimum Gasteiger partial charge on any atom is -0.332 e. The zero-order valence-corrected chi connectivity index (χ0v) is 18.7. The van der Waals surface area contributed by atoms with Gasteiger partial charge < -0.3 is 15.1 Å². The van der Waals surface area contributed by atoms with Crippen LogP contribution in [0.2, 0.25) is 0 Å². The Labute approximate surface area is 175 Å². The second-order valence-corrected chi connectivity index (χ2v) is 10.0. The predicted octanol–water partition coefficient (Wildman–Crippen LogP) is 2.63. The van der Waals surface area contributed by atoms with Crippen LogP contribution in [0.3, 0.4) is 0 Å². The number of thioether (sulfide) groups is 1. The van der Waals surface area contributed by atoms with Gasteiger partial charge >= 0.3 is 0 Å². The summed E-state index contributed by atoms with van der Waals surface area (Å²) >= 11 is 2.99. The summed E-state index contributed by atoms with van der Waals surface area (Å²) in [5.74, 6) is 0.720. The summed E-state index contributed by atoms with van der Waals surface area (Å²) in [4.78, 5) is 16.3. The number of amides is 1. The van der Waals surface area contributed by atoms with Crippen LogP contribution in [0.15, 0.2) is 28.6 Å². The number of aromatic nitrogens is 2. The van der Waals surface area contributed by atoms with Crippen LogP contribution in [-0.4, -0.2) is 59.0 Å². The summed E-state index contributed by atoms with van der Waals surface area (Å²) in [5.41, 5.74) is 2.31. The largest absolute Gasteiger partial charge is 0.332 e. The third kappa shape index (κ3) is 5.46. The van der Waals surface area contributed by atoms with E-state index in [1.165, 1.54) is 28.7 Å². The molecule has 1 saturated heterocycles. The third-order valence-electron chi connectivity index (χ3n) is 5.14. The van der Waals surface area contributed by atoms with Crippen LogP contribution < -0.4 is 10.2 Å². The fourth-order valence-electron chi connectivity index (χ4n) is 3.24. The maximum atomic E-state index is 12.7. The number of hydrogen-bond acceptors (Lipinski definition) is 6. The standard InChI is InChI=1S/C20H29N5OS2/c1-5-24-10-12-25(13-11-24)18(26)15(4)27-20-23-22-19(28-20)21-17-8-6-16(7-9-17)14(2)3/h6-9,14-15H,5,10-13H2,1-4H3,(H,21,22)/p+1/t15-/m1/s1. The van der Waals surface area contributed by atoms with Crippen LogP contribution in [0.25, 0.3) is 0 Å². The highest BCUT2D eigenvalue weighted by atomic mass is 32.2. The summed E-state index contributed by atoms with van der Waals surface area (Å²) in [5, 5.41) is 12.4. The summed E-state index contributed by atoms with van der Waals surface area (Å²) in [6.07, 6.45) is 0. The zero-order valence-electron chi connectivity index (χ0n) is 17.1. The highest BCUT2D eigenvalue weighted by Gasteiger charge is 2.27. The van der Waals surface area contributed by atoms with Gasteiger partial charge in [0, 0.05) is 5.69 Å². The van der Waals surface area contributed by atoms with E-state index < -0.39 is 0 Å². The number of likely N-dealkylation sites (N-methyl/N-ethyl adjacent to an activating group) is 1. The molecule has 28 heavy (non-hydrogen) atoms. The lowest BCUT2D eigenvalue weighted by Crippen LogP contribution is -3.14. The molecule has 0 saturated carbocycles. The van der Waals surface area contributed by atoms with Crippen molar-refractivity contribution in [3.05, 3.63) is 29.8 Å². The third-order valence-corrected chi connectivity index (χ3v) is 7.15. The van der Waals surface area contributed by atoms with Crippen molar-refractivity contribution in [3.63, 3.8) is 0 Å². The molecule has 0 spiro atoms. The van der Waals surface area contributed by atoms with Gasteiger partial charge in [0.2, 0.25) is 11.0 Å². The minimum atomic E-state index is -0.144. The van der Waals surface area contributed by atoms with Gasteiger partial charge in [-0.1, -0.05) is 49.1 Å². The first-order valence-corrected chi connectivity index (χ1v) is 11.7. The first-order valence-electron chi connectivity index (χ1n) is 9.95. The maximum absolute atomic E-state index is 12.7. The Kier molecular flexibility index (Phi) is 7.31. The van der Waals surface area contributed by atoms with Crippen molar-refractivity contribution in [2.24, 2.45) is 0 Å². The van der Waals surface area contributed by atoms with E-state index in [4.69, 9.17) is 0 Å². The van der Waals surface area contributed by atoms with E-state index in [1.54, 1.807) is 4.90 Å². The van der Waals surface area contributed by atoms with Crippen molar-refractivity contribution < 1.29 is 9.69 Å². The van der Waals surface area contributed by atoms with Gasteiger partial charge in [-0.15, -0.1) is 10.2 Å². The first-order chi connectivity index (χ1) is 13.5. The van der Waals surface area contributed by atoms with Crippen LogP contribution in [0.4, 0.5) is 10.8 Å². The highest BCUT2D eigenvalue weighted by molar-refractivity contribution is 8.02. The number of hydrogen-bond donors (Lipinski definition) is 2. The Morgan fingerprint density at radius 1 is 1.21 bits per heavy atom. The molecule has 1 aliphatic rings. The molecule has 2 heterocycles. The van der Waals surface area contributed by atoms with E-state index in [-0.39, 0.29) is 11.2 Å².